The molecular formula is C15H16N4O8S2. The molecule has 0 radical (unpaired) electrons. The molecule has 0 bridgehead atoms. The van der Waals surface area contributed by atoms with Gasteiger partial charge in [0, 0.05) is 12.5 Å². The van der Waals surface area contributed by atoms with E-state index in [1.54, 1.807) is 0 Å². The van der Waals surface area contributed by atoms with Crippen LogP contribution >= 0.6 is 0 Å². The Morgan fingerprint density at radius 1 is 0.828 bits per heavy atom. The first kappa shape index (κ1) is 22.1. The Hall–Kier alpha value is -3.20. The van der Waals surface area contributed by atoms with E-state index in [0.29, 0.717) is 0 Å². The normalized spacial score (nSPS) is 11.4. The Labute approximate surface area is 166 Å². The SMILES string of the molecule is CC(=O)NN(C(=O)c1ccc(OS(N)(=O)=O)cc1)c1ccc(OS(N)(=O)=O)cc1. The molecule has 2 aromatic carbocycles. The smallest absolute Gasteiger partial charge is 0.371 e. The summed E-state index contributed by atoms with van der Waals surface area (Å²) < 4.78 is 52.7. The molecule has 0 fully saturated rings. The first-order valence-corrected chi connectivity index (χ1v) is 10.5. The fraction of sp³-hybridized carbons (Fsp3) is 0.0667. The summed E-state index contributed by atoms with van der Waals surface area (Å²) in [7, 11) is -8.44. The first-order valence-electron chi connectivity index (χ1n) is 7.60. The molecule has 0 saturated heterocycles. The van der Waals surface area contributed by atoms with Gasteiger partial charge in [0.2, 0.25) is 5.91 Å². The van der Waals surface area contributed by atoms with Crippen molar-refractivity contribution in [3.63, 3.8) is 0 Å². The molecule has 0 heterocycles. The lowest BCUT2D eigenvalue weighted by Crippen LogP contribution is -2.45. The van der Waals surface area contributed by atoms with Crippen LogP contribution in [0.5, 0.6) is 11.5 Å². The average molecular weight is 444 g/mol. The highest BCUT2D eigenvalue weighted by molar-refractivity contribution is 7.85. The van der Waals surface area contributed by atoms with E-state index >= 15 is 0 Å². The molecule has 156 valence electrons. The highest BCUT2D eigenvalue weighted by atomic mass is 32.2. The van der Waals surface area contributed by atoms with Crippen molar-refractivity contribution in [3.05, 3.63) is 54.1 Å². The van der Waals surface area contributed by atoms with Crippen molar-refractivity contribution >= 4 is 38.1 Å². The molecular weight excluding hydrogens is 428 g/mol. The minimum atomic E-state index is -4.22. The fourth-order valence-electron chi connectivity index (χ4n) is 2.09. The van der Waals surface area contributed by atoms with Crippen LogP contribution in [0, 0.1) is 0 Å². The summed E-state index contributed by atoms with van der Waals surface area (Å²) in [5.41, 5.74) is 2.58. The first-order chi connectivity index (χ1) is 13.3. The number of carbonyl (C=O) groups is 2. The number of hydrazine groups is 1. The number of nitrogens with zero attached hydrogens (tertiary/aromatic N) is 1. The van der Waals surface area contributed by atoms with E-state index in [9.17, 15) is 26.4 Å². The van der Waals surface area contributed by atoms with Crippen molar-refractivity contribution in [2.24, 2.45) is 10.3 Å². The van der Waals surface area contributed by atoms with Gasteiger partial charge in [-0.05, 0) is 48.5 Å². The fourth-order valence-corrected chi connectivity index (χ4v) is 2.85. The second kappa shape index (κ2) is 8.44. The molecule has 12 nitrogen and oxygen atoms in total. The molecule has 2 rings (SSSR count). The summed E-state index contributed by atoms with van der Waals surface area (Å²) in [6, 6.07) is 10.0. The third-order valence-corrected chi connectivity index (χ3v) is 3.94. The van der Waals surface area contributed by atoms with Crippen LogP contribution in [0.25, 0.3) is 0 Å². The number of rotatable bonds is 6. The number of anilines is 1. The molecule has 0 aliphatic rings. The summed E-state index contributed by atoms with van der Waals surface area (Å²) in [5.74, 6) is -1.45. The molecule has 14 heteroatoms. The van der Waals surface area contributed by atoms with Crippen molar-refractivity contribution in [3.8, 4) is 11.5 Å². The minimum Gasteiger partial charge on any atom is -0.371 e. The summed E-state index contributed by atoms with van der Waals surface area (Å²) >= 11 is 0. The van der Waals surface area contributed by atoms with Crippen LogP contribution in [-0.2, 0) is 25.4 Å². The predicted molar refractivity (Wildman–Crippen MR) is 101 cm³/mol. The minimum absolute atomic E-state index is 0.0744. The second-order valence-electron chi connectivity index (χ2n) is 5.48. The molecule has 5 N–H and O–H groups in total. The lowest BCUT2D eigenvalue weighted by molar-refractivity contribution is -0.119. The maximum Gasteiger partial charge on any atom is 0.380 e. The molecule has 29 heavy (non-hydrogen) atoms. The van der Waals surface area contributed by atoms with Gasteiger partial charge in [-0.3, -0.25) is 15.0 Å². The number of hydrogen-bond acceptors (Lipinski definition) is 8. The number of amides is 2. The third kappa shape index (κ3) is 7.04. The average Bonchev–Trinajstić information content (AvgIpc) is 2.58. The standard InChI is InChI=1S/C15H16N4O8S2/c1-10(20)18-19(12-4-8-14(9-5-12)27-29(17,24)25)15(21)11-2-6-13(7-3-11)26-28(16,22)23/h2-9H,1H3,(H,18,20)(H2,16,22,23)(H2,17,24,25). The van der Waals surface area contributed by atoms with E-state index in [4.69, 9.17) is 10.3 Å². The topological polar surface area (TPSA) is 188 Å². The van der Waals surface area contributed by atoms with Crippen LogP contribution in [0.4, 0.5) is 5.69 Å². The molecule has 2 aromatic rings. The molecule has 0 aliphatic carbocycles. The summed E-state index contributed by atoms with van der Waals surface area (Å²) in [5, 5.41) is 10.4. The molecule has 0 unspecified atom stereocenters. The zero-order valence-corrected chi connectivity index (χ0v) is 16.4. The Morgan fingerprint density at radius 3 is 1.62 bits per heavy atom. The third-order valence-electron chi connectivity index (χ3n) is 3.09. The van der Waals surface area contributed by atoms with Gasteiger partial charge in [-0.15, -0.1) is 0 Å². The van der Waals surface area contributed by atoms with Crippen LogP contribution in [0.2, 0.25) is 0 Å². The van der Waals surface area contributed by atoms with Crippen LogP contribution in [0.15, 0.2) is 48.5 Å². The number of carbonyl (C=O) groups excluding carboxylic acids is 2. The number of hydrogen-bond donors (Lipinski definition) is 3. The van der Waals surface area contributed by atoms with Gasteiger partial charge < -0.3 is 8.37 Å². The highest BCUT2D eigenvalue weighted by Crippen LogP contribution is 2.22. The Balaban J connectivity index is 2.29. The number of nitrogens with one attached hydrogen (secondary N) is 1. The van der Waals surface area contributed by atoms with Crippen LogP contribution in [0.3, 0.4) is 0 Å². The van der Waals surface area contributed by atoms with E-state index in [1.807, 2.05) is 0 Å². The van der Waals surface area contributed by atoms with Gasteiger partial charge in [-0.1, -0.05) is 0 Å². The van der Waals surface area contributed by atoms with Gasteiger partial charge in [0.05, 0.1) is 5.69 Å². The summed E-state index contributed by atoms with van der Waals surface area (Å²) in [4.78, 5) is 24.3. The van der Waals surface area contributed by atoms with E-state index in [0.717, 1.165) is 5.01 Å². The van der Waals surface area contributed by atoms with Crippen LogP contribution in [0.1, 0.15) is 17.3 Å². The van der Waals surface area contributed by atoms with E-state index in [1.165, 1.54) is 55.5 Å². The lowest BCUT2D eigenvalue weighted by Gasteiger charge is -2.23. The predicted octanol–water partition coefficient (Wildman–Crippen LogP) is -0.451. The number of nitrogens with two attached hydrogens (primary N) is 2. The molecule has 0 atom stereocenters. The van der Waals surface area contributed by atoms with Gasteiger partial charge >= 0.3 is 20.6 Å². The van der Waals surface area contributed by atoms with Crippen molar-refractivity contribution in [1.29, 1.82) is 0 Å². The zero-order chi connectivity index (χ0) is 21.8. The molecule has 0 aliphatic heterocycles. The molecule has 0 saturated carbocycles. The molecule has 2 amide bonds. The zero-order valence-electron chi connectivity index (χ0n) is 14.8. The molecule has 0 spiro atoms. The van der Waals surface area contributed by atoms with E-state index < -0.39 is 32.4 Å². The van der Waals surface area contributed by atoms with Crippen LogP contribution < -0.4 is 29.1 Å². The van der Waals surface area contributed by atoms with E-state index in [-0.39, 0.29) is 22.7 Å². The summed E-state index contributed by atoms with van der Waals surface area (Å²) in [6.45, 7) is 1.18. The van der Waals surface area contributed by atoms with Crippen molar-refractivity contribution in [2.45, 2.75) is 6.92 Å². The van der Waals surface area contributed by atoms with Gasteiger partial charge in [0.15, 0.2) is 0 Å². The van der Waals surface area contributed by atoms with Gasteiger partial charge in [-0.25, -0.2) is 5.01 Å². The van der Waals surface area contributed by atoms with Crippen molar-refractivity contribution < 1.29 is 34.8 Å². The quantitative estimate of drug-likeness (QED) is 0.499. The lowest BCUT2D eigenvalue weighted by atomic mass is 10.2. The van der Waals surface area contributed by atoms with Crippen molar-refractivity contribution in [1.82, 2.24) is 5.43 Å². The van der Waals surface area contributed by atoms with Gasteiger partial charge in [-0.2, -0.15) is 27.1 Å². The maximum atomic E-state index is 12.8. The van der Waals surface area contributed by atoms with E-state index in [2.05, 4.69) is 13.8 Å². The van der Waals surface area contributed by atoms with Gasteiger partial charge in [0.1, 0.15) is 11.5 Å². The highest BCUT2D eigenvalue weighted by Gasteiger charge is 2.20. The molecule has 0 aromatic heterocycles. The van der Waals surface area contributed by atoms with Crippen molar-refractivity contribution in [2.75, 3.05) is 5.01 Å². The van der Waals surface area contributed by atoms with Crippen LogP contribution in [-0.4, -0.2) is 28.6 Å². The monoisotopic (exact) mass is 444 g/mol. The number of benzene rings is 2. The Kier molecular flexibility index (Phi) is 6.43. The Bertz CT molecular complexity index is 1110. The maximum absolute atomic E-state index is 12.8. The Morgan fingerprint density at radius 2 is 1.24 bits per heavy atom. The van der Waals surface area contributed by atoms with Gasteiger partial charge in [0.25, 0.3) is 5.91 Å². The largest absolute Gasteiger partial charge is 0.380 e. The summed E-state index contributed by atoms with van der Waals surface area (Å²) in [6.07, 6.45) is 0. The second-order valence-corrected chi connectivity index (χ2v) is 7.78.